The van der Waals surface area contributed by atoms with E-state index in [1.54, 1.807) is 0 Å². The van der Waals surface area contributed by atoms with Crippen LogP contribution < -0.4 is 5.73 Å². The average Bonchev–Trinajstić information content (AvgIpc) is 2.83. The van der Waals surface area contributed by atoms with Crippen molar-refractivity contribution in [1.82, 2.24) is 0 Å². The summed E-state index contributed by atoms with van der Waals surface area (Å²) in [6.07, 6.45) is 0. The van der Waals surface area contributed by atoms with Crippen LogP contribution in [-0.2, 0) is 0 Å². The van der Waals surface area contributed by atoms with Crippen molar-refractivity contribution >= 4 is 27.3 Å². The third kappa shape index (κ3) is 1.79. The van der Waals surface area contributed by atoms with Crippen molar-refractivity contribution in [3.8, 4) is 11.1 Å². The van der Waals surface area contributed by atoms with E-state index in [0.29, 0.717) is 4.88 Å². The summed E-state index contributed by atoms with van der Waals surface area (Å²) in [6.45, 7) is 0. The van der Waals surface area contributed by atoms with Gasteiger partial charge in [-0.05, 0) is 22.6 Å². The van der Waals surface area contributed by atoms with E-state index in [1.165, 1.54) is 11.3 Å². The zero-order chi connectivity index (χ0) is 12.5. The van der Waals surface area contributed by atoms with Crippen LogP contribution in [0.2, 0.25) is 0 Å². The van der Waals surface area contributed by atoms with E-state index >= 15 is 0 Å². The van der Waals surface area contributed by atoms with Crippen molar-refractivity contribution in [2.24, 2.45) is 5.73 Å². The molecule has 0 spiro atoms. The van der Waals surface area contributed by atoms with Gasteiger partial charge in [0.15, 0.2) is 0 Å². The van der Waals surface area contributed by atoms with Gasteiger partial charge in [-0.2, -0.15) is 0 Å². The summed E-state index contributed by atoms with van der Waals surface area (Å²) in [5.41, 5.74) is 7.64. The van der Waals surface area contributed by atoms with E-state index in [1.807, 2.05) is 36.4 Å². The van der Waals surface area contributed by atoms with Crippen molar-refractivity contribution in [3.05, 3.63) is 59.5 Å². The van der Waals surface area contributed by atoms with E-state index in [-0.39, 0.29) is 5.91 Å². The lowest BCUT2D eigenvalue weighted by Gasteiger charge is -2.02. The first-order valence-electron chi connectivity index (χ1n) is 5.63. The topological polar surface area (TPSA) is 43.1 Å². The van der Waals surface area contributed by atoms with E-state index in [9.17, 15) is 4.79 Å². The van der Waals surface area contributed by atoms with Crippen LogP contribution in [-0.4, -0.2) is 5.91 Å². The van der Waals surface area contributed by atoms with Crippen LogP contribution in [0.5, 0.6) is 0 Å². The minimum atomic E-state index is -0.366. The van der Waals surface area contributed by atoms with Gasteiger partial charge < -0.3 is 5.73 Å². The van der Waals surface area contributed by atoms with E-state index in [0.717, 1.165) is 21.2 Å². The molecule has 2 nitrogen and oxygen atoms in total. The fourth-order valence-electron chi connectivity index (χ4n) is 2.03. The Morgan fingerprint density at radius 3 is 2.50 bits per heavy atom. The monoisotopic (exact) mass is 253 g/mol. The number of nitrogens with two attached hydrogens (primary N) is 1. The zero-order valence-electron chi connectivity index (χ0n) is 9.59. The number of benzene rings is 2. The molecule has 0 fully saturated rings. The molecule has 0 aliphatic carbocycles. The number of amides is 1. The van der Waals surface area contributed by atoms with Crippen LogP contribution in [0.4, 0.5) is 0 Å². The molecule has 3 aromatic rings. The lowest BCUT2D eigenvalue weighted by Crippen LogP contribution is -2.07. The van der Waals surface area contributed by atoms with Gasteiger partial charge in [0, 0.05) is 4.70 Å². The van der Waals surface area contributed by atoms with Gasteiger partial charge in [-0.25, -0.2) is 0 Å². The lowest BCUT2D eigenvalue weighted by atomic mass is 10.0. The molecule has 0 saturated heterocycles. The molecule has 2 N–H and O–H groups in total. The molecule has 18 heavy (non-hydrogen) atoms. The SMILES string of the molecule is NC(=O)c1cc2cccc(-c3ccccc3)c2s1. The molecule has 0 saturated carbocycles. The number of carbonyl (C=O) groups excluding carboxylic acids is 1. The summed E-state index contributed by atoms with van der Waals surface area (Å²) < 4.78 is 1.11. The zero-order valence-corrected chi connectivity index (χ0v) is 10.4. The Hall–Kier alpha value is -2.13. The van der Waals surface area contributed by atoms with Gasteiger partial charge in [0.1, 0.15) is 0 Å². The van der Waals surface area contributed by atoms with E-state index in [2.05, 4.69) is 18.2 Å². The fourth-order valence-corrected chi connectivity index (χ4v) is 3.08. The Kier molecular flexibility index (Phi) is 2.61. The van der Waals surface area contributed by atoms with Crippen LogP contribution in [0, 0.1) is 0 Å². The van der Waals surface area contributed by atoms with Crippen molar-refractivity contribution in [1.29, 1.82) is 0 Å². The average molecular weight is 253 g/mol. The second-order valence-electron chi connectivity index (χ2n) is 4.06. The molecule has 0 atom stereocenters. The molecule has 0 unspecified atom stereocenters. The van der Waals surface area contributed by atoms with Gasteiger partial charge in [-0.15, -0.1) is 11.3 Å². The molecule has 88 valence electrons. The Morgan fingerprint density at radius 2 is 1.78 bits per heavy atom. The molecule has 0 radical (unpaired) electrons. The van der Waals surface area contributed by atoms with Crippen molar-refractivity contribution in [3.63, 3.8) is 0 Å². The maximum absolute atomic E-state index is 11.3. The highest BCUT2D eigenvalue weighted by molar-refractivity contribution is 7.21. The second-order valence-corrected chi connectivity index (χ2v) is 5.12. The van der Waals surface area contributed by atoms with Crippen LogP contribution in [0.25, 0.3) is 21.2 Å². The maximum atomic E-state index is 11.3. The van der Waals surface area contributed by atoms with Gasteiger partial charge in [-0.1, -0.05) is 48.5 Å². The van der Waals surface area contributed by atoms with Gasteiger partial charge in [-0.3, -0.25) is 4.79 Å². The highest BCUT2D eigenvalue weighted by atomic mass is 32.1. The second kappa shape index (κ2) is 4.27. The van der Waals surface area contributed by atoms with E-state index in [4.69, 9.17) is 5.73 Å². The van der Waals surface area contributed by atoms with Gasteiger partial charge in [0.25, 0.3) is 5.91 Å². The molecule has 1 heterocycles. The largest absolute Gasteiger partial charge is 0.365 e. The summed E-state index contributed by atoms with van der Waals surface area (Å²) in [6, 6.07) is 18.1. The smallest absolute Gasteiger partial charge is 0.258 e. The molecule has 3 heteroatoms. The van der Waals surface area contributed by atoms with Gasteiger partial charge in [0.05, 0.1) is 4.88 Å². The molecule has 3 rings (SSSR count). The third-order valence-electron chi connectivity index (χ3n) is 2.87. The molecule has 1 amide bonds. The molecule has 1 aromatic heterocycles. The maximum Gasteiger partial charge on any atom is 0.258 e. The van der Waals surface area contributed by atoms with Crippen LogP contribution >= 0.6 is 11.3 Å². The van der Waals surface area contributed by atoms with Crippen LogP contribution in [0.1, 0.15) is 9.67 Å². The van der Waals surface area contributed by atoms with Gasteiger partial charge in [0.2, 0.25) is 0 Å². The first-order chi connectivity index (χ1) is 8.75. The number of hydrogen-bond donors (Lipinski definition) is 1. The summed E-state index contributed by atoms with van der Waals surface area (Å²) in [5, 5.41) is 1.06. The molecule has 0 aliphatic rings. The Balaban J connectivity index is 2.27. The normalized spacial score (nSPS) is 10.7. The third-order valence-corrected chi connectivity index (χ3v) is 4.07. The highest BCUT2D eigenvalue weighted by Gasteiger charge is 2.10. The Morgan fingerprint density at radius 1 is 1.00 bits per heavy atom. The quantitative estimate of drug-likeness (QED) is 0.744. The first kappa shape index (κ1) is 11.0. The van der Waals surface area contributed by atoms with Crippen molar-refractivity contribution in [2.75, 3.05) is 0 Å². The summed E-state index contributed by atoms with van der Waals surface area (Å²) >= 11 is 1.45. The number of carbonyl (C=O) groups is 1. The lowest BCUT2D eigenvalue weighted by molar-refractivity contribution is 0.100. The highest BCUT2D eigenvalue weighted by Crippen LogP contribution is 2.34. The summed E-state index contributed by atoms with van der Waals surface area (Å²) in [7, 11) is 0. The number of fused-ring (bicyclic) bond motifs is 1. The number of hydrogen-bond acceptors (Lipinski definition) is 2. The molecule has 0 aliphatic heterocycles. The number of rotatable bonds is 2. The number of thiophene rings is 1. The van der Waals surface area contributed by atoms with Crippen LogP contribution in [0.3, 0.4) is 0 Å². The first-order valence-corrected chi connectivity index (χ1v) is 6.45. The molecular formula is C15H11NOS. The summed E-state index contributed by atoms with van der Waals surface area (Å²) in [5.74, 6) is -0.366. The minimum absolute atomic E-state index is 0.366. The summed E-state index contributed by atoms with van der Waals surface area (Å²) in [4.78, 5) is 11.9. The minimum Gasteiger partial charge on any atom is -0.365 e. The van der Waals surface area contributed by atoms with Crippen LogP contribution in [0.15, 0.2) is 54.6 Å². The molecule has 2 aromatic carbocycles. The Labute approximate surface area is 109 Å². The standard InChI is InChI=1S/C15H11NOS/c16-15(17)13-9-11-7-4-8-12(14(11)18-13)10-5-2-1-3-6-10/h1-9H,(H2,16,17). The number of primary amides is 1. The fraction of sp³-hybridized carbons (Fsp3) is 0. The van der Waals surface area contributed by atoms with E-state index < -0.39 is 0 Å². The van der Waals surface area contributed by atoms with Crippen molar-refractivity contribution in [2.45, 2.75) is 0 Å². The predicted octanol–water partition coefficient (Wildman–Crippen LogP) is 3.67. The molecular weight excluding hydrogens is 242 g/mol. The Bertz CT molecular complexity index is 716. The van der Waals surface area contributed by atoms with Gasteiger partial charge >= 0.3 is 0 Å². The molecule has 0 bridgehead atoms. The predicted molar refractivity (Wildman–Crippen MR) is 75.8 cm³/mol. The van der Waals surface area contributed by atoms with Crippen molar-refractivity contribution < 1.29 is 4.79 Å².